The monoisotopic (exact) mass is 419 g/mol. The molecule has 1 amide bonds. The van der Waals surface area contributed by atoms with E-state index in [2.05, 4.69) is 10.6 Å². The van der Waals surface area contributed by atoms with E-state index in [9.17, 15) is 4.79 Å². The van der Waals surface area contributed by atoms with Crippen LogP contribution in [0, 0.1) is 13.8 Å². The predicted molar refractivity (Wildman–Crippen MR) is 128 cm³/mol. The second kappa shape index (κ2) is 9.41. The van der Waals surface area contributed by atoms with Crippen molar-refractivity contribution >= 4 is 40.4 Å². The molecule has 5 nitrogen and oxygen atoms in total. The van der Waals surface area contributed by atoms with E-state index in [0.29, 0.717) is 11.3 Å². The Hall–Kier alpha value is -3.38. The second-order valence-electron chi connectivity index (χ2n) is 7.18. The first kappa shape index (κ1) is 21.3. The van der Waals surface area contributed by atoms with Gasteiger partial charge in [-0.2, -0.15) is 0 Å². The molecule has 2 N–H and O–H groups in total. The van der Waals surface area contributed by atoms with Crippen molar-refractivity contribution in [2.75, 3.05) is 29.6 Å². The Morgan fingerprint density at radius 3 is 2.20 bits per heavy atom. The van der Waals surface area contributed by atoms with Crippen LogP contribution in [0.25, 0.3) is 0 Å². The number of nitrogens with zero attached hydrogens (tertiary/aromatic N) is 1. The Morgan fingerprint density at radius 2 is 1.57 bits per heavy atom. The summed E-state index contributed by atoms with van der Waals surface area (Å²) in [6, 6.07) is 20.6. The topological polar surface area (TPSA) is 53.6 Å². The number of hydrogen-bond acceptors (Lipinski definition) is 4. The normalized spacial score (nSPS) is 10.3. The van der Waals surface area contributed by atoms with Crippen LogP contribution >= 0.6 is 12.2 Å². The Morgan fingerprint density at radius 1 is 0.900 bits per heavy atom. The second-order valence-corrected chi connectivity index (χ2v) is 7.55. The summed E-state index contributed by atoms with van der Waals surface area (Å²) >= 11 is 5.28. The average Bonchev–Trinajstić information content (AvgIpc) is 2.72. The molecule has 154 valence electrons. The first-order chi connectivity index (χ1) is 14.3. The van der Waals surface area contributed by atoms with Crippen molar-refractivity contribution < 1.29 is 9.53 Å². The van der Waals surface area contributed by atoms with E-state index < -0.39 is 0 Å². The minimum Gasteiger partial charge on any atom is -0.432 e. The summed E-state index contributed by atoms with van der Waals surface area (Å²) in [5, 5.41) is 6.24. The molecule has 3 aromatic rings. The van der Waals surface area contributed by atoms with Crippen LogP contribution < -0.4 is 20.3 Å². The summed E-state index contributed by atoms with van der Waals surface area (Å²) in [7, 11) is 3.98. The smallest absolute Gasteiger partial charge is 0.266 e. The summed E-state index contributed by atoms with van der Waals surface area (Å²) in [6.07, 6.45) is 0. The van der Waals surface area contributed by atoms with Crippen molar-refractivity contribution in [3.63, 3.8) is 0 Å². The Kier molecular flexibility index (Phi) is 6.69. The summed E-state index contributed by atoms with van der Waals surface area (Å²) < 4.78 is 5.66. The first-order valence-electron chi connectivity index (χ1n) is 9.57. The number of ether oxygens (including phenoxy) is 1. The zero-order chi connectivity index (χ0) is 21.7. The average molecular weight is 420 g/mol. The third-order valence-corrected chi connectivity index (χ3v) is 5.00. The van der Waals surface area contributed by atoms with Crippen molar-refractivity contribution in [1.82, 2.24) is 0 Å². The van der Waals surface area contributed by atoms with Gasteiger partial charge in [0.2, 0.25) is 0 Å². The lowest BCUT2D eigenvalue weighted by Crippen LogP contribution is -2.17. The molecule has 0 aliphatic rings. The number of benzene rings is 3. The fourth-order valence-corrected chi connectivity index (χ4v) is 3.06. The minimum atomic E-state index is -0.170. The van der Waals surface area contributed by atoms with Crippen molar-refractivity contribution in [3.05, 3.63) is 83.4 Å². The number of carbonyl (C=O) groups is 1. The Balaban J connectivity index is 1.59. The molecule has 0 bridgehead atoms. The van der Waals surface area contributed by atoms with E-state index >= 15 is 0 Å². The molecule has 0 atom stereocenters. The van der Waals surface area contributed by atoms with Gasteiger partial charge in [0, 0.05) is 36.7 Å². The van der Waals surface area contributed by atoms with Gasteiger partial charge in [0.05, 0.1) is 0 Å². The number of rotatable bonds is 5. The molecule has 3 rings (SSSR count). The minimum absolute atomic E-state index is 0.170. The van der Waals surface area contributed by atoms with Crippen molar-refractivity contribution in [3.8, 4) is 5.75 Å². The fourth-order valence-electron chi connectivity index (χ4n) is 2.85. The molecule has 0 spiro atoms. The van der Waals surface area contributed by atoms with E-state index in [1.165, 1.54) is 0 Å². The van der Waals surface area contributed by atoms with Crippen LogP contribution in [0.15, 0.2) is 66.7 Å². The van der Waals surface area contributed by atoms with Crippen LogP contribution in [-0.2, 0) is 0 Å². The van der Waals surface area contributed by atoms with Crippen molar-refractivity contribution in [2.24, 2.45) is 0 Å². The lowest BCUT2D eigenvalue weighted by atomic mass is 10.1. The van der Waals surface area contributed by atoms with E-state index in [1.807, 2.05) is 75.3 Å². The molecule has 0 aromatic heterocycles. The summed E-state index contributed by atoms with van der Waals surface area (Å²) in [6.45, 7) is 4.01. The largest absolute Gasteiger partial charge is 0.432 e. The highest BCUT2D eigenvalue weighted by Gasteiger charge is 2.09. The highest BCUT2D eigenvalue weighted by molar-refractivity contribution is 7.80. The van der Waals surface area contributed by atoms with Gasteiger partial charge in [-0.15, -0.1) is 0 Å². The van der Waals surface area contributed by atoms with Gasteiger partial charge in [0.15, 0.2) is 0 Å². The summed E-state index contributed by atoms with van der Waals surface area (Å²) in [5.74, 6) is 0.387. The van der Waals surface area contributed by atoms with Crippen LogP contribution in [0.2, 0.25) is 0 Å². The van der Waals surface area contributed by atoms with E-state index in [0.717, 1.165) is 28.2 Å². The quantitative estimate of drug-likeness (QED) is 0.543. The number of carbonyl (C=O) groups excluding carboxylic acids is 1. The number of hydrogen-bond donors (Lipinski definition) is 2. The summed E-state index contributed by atoms with van der Waals surface area (Å²) in [5.41, 5.74) is 5.49. The van der Waals surface area contributed by atoms with Gasteiger partial charge >= 0.3 is 0 Å². The number of aryl methyl sites for hydroxylation is 1. The SMILES string of the molecule is Cc1cccc(NC(=O)c2ccc(OC(=S)Nc3ccc(N(C)C)cc3)cc2)c1C. The molecule has 0 heterocycles. The molecular formula is C24H25N3O2S. The maximum Gasteiger partial charge on any atom is 0.266 e. The zero-order valence-electron chi connectivity index (χ0n) is 17.5. The fraction of sp³-hybridized carbons (Fsp3) is 0.167. The van der Waals surface area contributed by atoms with Gasteiger partial charge in [0.1, 0.15) is 5.75 Å². The molecule has 0 unspecified atom stereocenters. The Bertz CT molecular complexity index is 1050. The van der Waals surface area contributed by atoms with Crippen LogP contribution in [0.4, 0.5) is 17.1 Å². The van der Waals surface area contributed by atoms with E-state index in [4.69, 9.17) is 17.0 Å². The summed E-state index contributed by atoms with van der Waals surface area (Å²) in [4.78, 5) is 14.6. The van der Waals surface area contributed by atoms with Crippen molar-refractivity contribution in [1.29, 1.82) is 0 Å². The lowest BCUT2D eigenvalue weighted by molar-refractivity contribution is 0.102. The molecule has 3 aromatic carbocycles. The third kappa shape index (κ3) is 5.36. The lowest BCUT2D eigenvalue weighted by Gasteiger charge is -2.14. The maximum absolute atomic E-state index is 12.5. The van der Waals surface area contributed by atoms with Crippen LogP contribution in [0.5, 0.6) is 5.75 Å². The zero-order valence-corrected chi connectivity index (χ0v) is 18.3. The van der Waals surface area contributed by atoms with Crippen LogP contribution in [-0.4, -0.2) is 25.2 Å². The standard InChI is InChI=1S/C24H25N3O2S/c1-16-6-5-7-22(17(16)2)26-23(28)18-8-14-21(15-9-18)29-24(30)25-19-10-12-20(13-11-19)27(3)4/h5-15H,1-4H3,(H,25,30)(H,26,28). The van der Waals surface area contributed by atoms with Gasteiger partial charge in [-0.25, -0.2) is 0 Å². The van der Waals surface area contributed by atoms with Gasteiger partial charge in [-0.1, -0.05) is 12.1 Å². The van der Waals surface area contributed by atoms with Gasteiger partial charge < -0.3 is 20.3 Å². The highest BCUT2D eigenvalue weighted by atomic mass is 32.1. The molecule has 0 fully saturated rings. The molecule has 6 heteroatoms. The van der Waals surface area contributed by atoms with Crippen LogP contribution in [0.3, 0.4) is 0 Å². The highest BCUT2D eigenvalue weighted by Crippen LogP contribution is 2.20. The maximum atomic E-state index is 12.5. The predicted octanol–water partition coefficient (Wildman–Crippen LogP) is 5.40. The molecule has 0 saturated carbocycles. The first-order valence-corrected chi connectivity index (χ1v) is 9.98. The number of amides is 1. The molecular weight excluding hydrogens is 394 g/mol. The Labute approximate surface area is 182 Å². The number of thiocarbonyl (C=S) groups is 1. The van der Waals surface area contributed by atoms with E-state index in [1.54, 1.807) is 24.3 Å². The van der Waals surface area contributed by atoms with Gasteiger partial charge in [0.25, 0.3) is 11.1 Å². The van der Waals surface area contributed by atoms with Gasteiger partial charge in [-0.3, -0.25) is 4.79 Å². The number of nitrogens with one attached hydrogen (secondary N) is 2. The number of anilines is 3. The molecule has 0 aliphatic heterocycles. The van der Waals surface area contributed by atoms with Crippen LogP contribution in [0.1, 0.15) is 21.5 Å². The van der Waals surface area contributed by atoms with Gasteiger partial charge in [-0.05, 0) is 91.8 Å². The molecule has 30 heavy (non-hydrogen) atoms. The van der Waals surface area contributed by atoms with E-state index in [-0.39, 0.29) is 11.1 Å². The van der Waals surface area contributed by atoms with Crippen molar-refractivity contribution in [2.45, 2.75) is 13.8 Å². The molecule has 0 saturated heterocycles. The molecule has 0 radical (unpaired) electrons. The molecule has 0 aliphatic carbocycles. The third-order valence-electron chi connectivity index (χ3n) is 4.81.